The zero-order valence-electron chi connectivity index (χ0n) is 26.5. The Morgan fingerprint density at radius 2 is 1.53 bits per heavy atom. The third-order valence-electron chi connectivity index (χ3n) is 8.54. The average Bonchev–Trinajstić information content (AvgIpc) is 3.42. The lowest BCUT2D eigenvalue weighted by Gasteiger charge is -2.48. The molecule has 1 N–H and O–H groups in total. The first-order valence-corrected chi connectivity index (χ1v) is 16.0. The Morgan fingerprint density at radius 3 is 2.19 bits per heavy atom. The van der Waals surface area contributed by atoms with Gasteiger partial charge in [0, 0.05) is 35.8 Å². The molecule has 1 aliphatic rings. The van der Waals surface area contributed by atoms with Crippen molar-refractivity contribution in [3.63, 3.8) is 0 Å². The maximum atomic E-state index is 13.2. The SMILES string of the molecule is CCOC(=O)C1(c2ccc(-c3ccc(-c4onc(C)c4NC(=O)OC(C)c4ccccc4Cl)cc3)cc2)CN(Cc2ccccc2)C1. The summed E-state index contributed by atoms with van der Waals surface area (Å²) >= 11 is 6.27. The zero-order valence-corrected chi connectivity index (χ0v) is 27.3. The molecule has 1 atom stereocenters. The van der Waals surface area contributed by atoms with Gasteiger partial charge in [0.2, 0.25) is 0 Å². The number of amides is 1. The summed E-state index contributed by atoms with van der Waals surface area (Å²) in [5, 5.41) is 7.39. The van der Waals surface area contributed by atoms with Crippen molar-refractivity contribution in [2.45, 2.75) is 38.8 Å². The first kappa shape index (κ1) is 32.0. The first-order chi connectivity index (χ1) is 22.8. The topological polar surface area (TPSA) is 93.9 Å². The van der Waals surface area contributed by atoms with Crippen LogP contribution in [0.25, 0.3) is 22.5 Å². The summed E-state index contributed by atoms with van der Waals surface area (Å²) in [5.41, 5.74) is 5.89. The van der Waals surface area contributed by atoms with Gasteiger partial charge in [-0.25, -0.2) is 4.79 Å². The minimum atomic E-state index is -0.687. The van der Waals surface area contributed by atoms with E-state index >= 15 is 0 Å². The highest BCUT2D eigenvalue weighted by atomic mass is 35.5. The van der Waals surface area contributed by atoms with E-state index in [-0.39, 0.29) is 5.97 Å². The molecule has 0 saturated carbocycles. The van der Waals surface area contributed by atoms with Gasteiger partial charge in [-0.1, -0.05) is 114 Å². The highest BCUT2D eigenvalue weighted by molar-refractivity contribution is 6.31. The minimum absolute atomic E-state index is 0.185. The first-order valence-electron chi connectivity index (χ1n) is 15.6. The maximum Gasteiger partial charge on any atom is 0.412 e. The van der Waals surface area contributed by atoms with Crippen LogP contribution in [0.5, 0.6) is 0 Å². The van der Waals surface area contributed by atoms with Crippen molar-refractivity contribution in [3.8, 4) is 22.5 Å². The van der Waals surface area contributed by atoms with E-state index in [4.69, 9.17) is 25.6 Å². The molecule has 9 heteroatoms. The Bertz CT molecular complexity index is 1850. The van der Waals surface area contributed by atoms with Crippen molar-refractivity contribution in [1.29, 1.82) is 0 Å². The van der Waals surface area contributed by atoms with Crippen LogP contribution >= 0.6 is 11.6 Å². The smallest absolute Gasteiger partial charge is 0.412 e. The third kappa shape index (κ3) is 6.80. The summed E-state index contributed by atoms with van der Waals surface area (Å²) in [5.74, 6) is 0.239. The number of carbonyl (C=O) groups excluding carboxylic acids is 2. The lowest BCUT2D eigenvalue weighted by Crippen LogP contribution is -2.63. The highest BCUT2D eigenvalue weighted by Gasteiger charge is 2.51. The predicted molar refractivity (Wildman–Crippen MR) is 182 cm³/mol. The van der Waals surface area contributed by atoms with Crippen molar-refractivity contribution in [2.75, 3.05) is 25.0 Å². The third-order valence-corrected chi connectivity index (χ3v) is 8.88. The zero-order chi connectivity index (χ0) is 33.0. The monoisotopic (exact) mass is 649 g/mol. The number of ether oxygens (including phenoxy) is 2. The molecular formula is C38H36ClN3O5. The molecule has 240 valence electrons. The average molecular weight is 650 g/mol. The summed E-state index contributed by atoms with van der Waals surface area (Å²) in [6, 6.07) is 33.4. The Balaban J connectivity index is 1.14. The highest BCUT2D eigenvalue weighted by Crippen LogP contribution is 2.39. The van der Waals surface area contributed by atoms with Crippen LogP contribution < -0.4 is 5.32 Å². The van der Waals surface area contributed by atoms with Gasteiger partial charge in [0.25, 0.3) is 0 Å². The number of anilines is 1. The lowest BCUT2D eigenvalue weighted by molar-refractivity contribution is -0.158. The standard InChI is InChI=1S/C38H36ClN3O5/c1-4-45-36(43)38(23-42(24-38)22-27-10-6-5-7-11-27)31-20-18-29(19-21-31)28-14-16-30(17-15-28)35-34(25(2)41-47-35)40-37(44)46-26(3)32-12-8-9-13-33(32)39/h5-21,26H,4,22-24H2,1-3H3,(H,40,44). The van der Waals surface area contributed by atoms with E-state index in [0.29, 0.717) is 47.4 Å². The molecule has 0 aliphatic carbocycles. The number of aryl methyl sites for hydroxylation is 1. The van der Waals surface area contributed by atoms with Crippen molar-refractivity contribution < 1.29 is 23.6 Å². The van der Waals surface area contributed by atoms with Crippen LogP contribution in [0.1, 0.15) is 42.3 Å². The fraction of sp³-hybridized carbons (Fsp3) is 0.237. The van der Waals surface area contributed by atoms with E-state index in [1.54, 1.807) is 19.9 Å². The van der Waals surface area contributed by atoms with Crippen molar-refractivity contribution in [3.05, 3.63) is 131 Å². The molecule has 1 saturated heterocycles. The molecule has 47 heavy (non-hydrogen) atoms. The van der Waals surface area contributed by atoms with Crippen LogP contribution in [0.2, 0.25) is 5.02 Å². The van der Waals surface area contributed by atoms with Gasteiger partial charge in [0.1, 0.15) is 22.9 Å². The summed E-state index contributed by atoms with van der Waals surface area (Å²) in [4.78, 5) is 28.3. The molecule has 1 unspecified atom stereocenters. The van der Waals surface area contributed by atoms with Gasteiger partial charge in [0.05, 0.1) is 6.61 Å². The van der Waals surface area contributed by atoms with Crippen LogP contribution in [0, 0.1) is 6.92 Å². The van der Waals surface area contributed by atoms with Gasteiger partial charge in [-0.2, -0.15) is 0 Å². The number of benzene rings is 4. The van der Waals surface area contributed by atoms with Crippen molar-refractivity contribution in [2.24, 2.45) is 0 Å². The number of rotatable bonds is 10. The molecule has 1 aliphatic heterocycles. The van der Waals surface area contributed by atoms with E-state index in [1.807, 2.05) is 91.9 Å². The Kier molecular flexibility index (Phi) is 9.43. The summed E-state index contributed by atoms with van der Waals surface area (Å²) < 4.78 is 16.7. The normalized spacial score (nSPS) is 14.6. The number of carbonyl (C=O) groups is 2. The van der Waals surface area contributed by atoms with Crippen LogP contribution in [-0.4, -0.2) is 41.8 Å². The Morgan fingerprint density at radius 1 is 0.915 bits per heavy atom. The summed E-state index contributed by atoms with van der Waals surface area (Å²) in [6.45, 7) is 7.69. The molecule has 1 aromatic heterocycles. The summed E-state index contributed by atoms with van der Waals surface area (Å²) in [7, 11) is 0. The molecule has 5 aromatic rings. The predicted octanol–water partition coefficient (Wildman–Crippen LogP) is 8.60. The molecule has 0 radical (unpaired) electrons. The molecule has 0 bridgehead atoms. The largest absolute Gasteiger partial charge is 0.465 e. The number of aromatic nitrogens is 1. The number of likely N-dealkylation sites (tertiary alicyclic amines) is 1. The second-order valence-electron chi connectivity index (χ2n) is 11.8. The van der Waals surface area contributed by atoms with Gasteiger partial charge >= 0.3 is 12.1 Å². The Hall–Kier alpha value is -4.92. The molecular weight excluding hydrogens is 614 g/mol. The van der Waals surface area contributed by atoms with Crippen molar-refractivity contribution >= 4 is 29.4 Å². The second-order valence-corrected chi connectivity index (χ2v) is 12.2. The molecule has 6 rings (SSSR count). The number of hydrogen-bond donors (Lipinski definition) is 1. The number of esters is 1. The molecule has 4 aromatic carbocycles. The van der Waals surface area contributed by atoms with E-state index in [9.17, 15) is 9.59 Å². The van der Waals surface area contributed by atoms with Crippen molar-refractivity contribution in [1.82, 2.24) is 10.1 Å². The van der Waals surface area contributed by atoms with Crippen LogP contribution in [0.3, 0.4) is 0 Å². The molecule has 0 spiro atoms. The fourth-order valence-corrected chi connectivity index (χ4v) is 6.33. The number of hydrogen-bond acceptors (Lipinski definition) is 7. The van der Waals surface area contributed by atoms with E-state index < -0.39 is 17.6 Å². The minimum Gasteiger partial charge on any atom is -0.465 e. The van der Waals surface area contributed by atoms with E-state index in [0.717, 1.165) is 28.8 Å². The fourth-order valence-electron chi connectivity index (χ4n) is 6.04. The van der Waals surface area contributed by atoms with Gasteiger partial charge in [-0.05, 0) is 49.1 Å². The van der Waals surface area contributed by atoms with Crippen LogP contribution in [0.4, 0.5) is 10.5 Å². The quantitative estimate of drug-likeness (QED) is 0.151. The molecule has 1 amide bonds. The number of nitrogens with zero attached hydrogens (tertiary/aromatic N) is 2. The molecule has 8 nitrogen and oxygen atoms in total. The van der Waals surface area contributed by atoms with Crippen LogP contribution in [-0.2, 0) is 26.2 Å². The molecule has 2 heterocycles. The number of nitrogens with one attached hydrogen (secondary N) is 1. The van der Waals surface area contributed by atoms with Gasteiger partial charge < -0.3 is 14.0 Å². The van der Waals surface area contributed by atoms with Crippen LogP contribution in [0.15, 0.2) is 108 Å². The summed E-state index contributed by atoms with van der Waals surface area (Å²) in [6.07, 6.45) is -1.19. The van der Waals surface area contributed by atoms with Gasteiger partial charge in [0.15, 0.2) is 5.76 Å². The van der Waals surface area contributed by atoms with Gasteiger partial charge in [-0.15, -0.1) is 0 Å². The number of halogens is 1. The second kappa shape index (κ2) is 13.8. The lowest BCUT2D eigenvalue weighted by atomic mass is 9.73. The van der Waals surface area contributed by atoms with Gasteiger partial charge in [-0.3, -0.25) is 15.0 Å². The maximum absolute atomic E-state index is 13.2. The van der Waals surface area contributed by atoms with E-state index in [2.05, 4.69) is 27.5 Å². The molecule has 1 fully saturated rings. The Labute approximate surface area is 279 Å². The van der Waals surface area contributed by atoms with E-state index in [1.165, 1.54) is 5.56 Å².